The Morgan fingerprint density at radius 1 is 1.00 bits per heavy atom. The van der Waals surface area contributed by atoms with Crippen molar-refractivity contribution in [3.8, 4) is 0 Å². The minimum Gasteiger partial charge on any atom is -0.223 e. The summed E-state index contributed by atoms with van der Waals surface area (Å²) in [6, 6.07) is 11.3. The Morgan fingerprint density at radius 2 is 1.75 bits per heavy atom. The topological polar surface area (TPSA) is 34.1 Å². The molecule has 2 aromatic rings. The monoisotopic (exact) mass is 290 g/mol. The lowest BCUT2D eigenvalue weighted by Gasteiger charge is -2.07. The van der Waals surface area contributed by atoms with Crippen molar-refractivity contribution in [3.63, 3.8) is 0 Å². The van der Waals surface area contributed by atoms with Crippen LogP contribution in [0.4, 0.5) is 4.39 Å². The summed E-state index contributed by atoms with van der Waals surface area (Å²) in [5.74, 6) is -0.838. The highest BCUT2D eigenvalue weighted by atomic mass is 32.2. The zero-order valence-electron chi connectivity index (χ0n) is 11.0. The van der Waals surface area contributed by atoms with Gasteiger partial charge in [-0.15, -0.1) is 0 Å². The van der Waals surface area contributed by atoms with Crippen LogP contribution >= 0.6 is 0 Å². The fourth-order valence-corrected chi connectivity index (χ4v) is 4.13. The Balaban J connectivity index is 1.93. The molecule has 0 heterocycles. The number of aryl methyl sites for hydroxylation is 2. The smallest absolute Gasteiger partial charge is 0.185 e. The van der Waals surface area contributed by atoms with E-state index in [-0.39, 0.29) is 10.6 Å². The molecule has 0 saturated carbocycles. The van der Waals surface area contributed by atoms with Crippen molar-refractivity contribution in [2.24, 2.45) is 0 Å². The molecule has 2 aromatic carbocycles. The van der Waals surface area contributed by atoms with Crippen LogP contribution in [0.1, 0.15) is 23.1 Å². The van der Waals surface area contributed by atoms with Crippen LogP contribution in [0, 0.1) is 5.82 Å². The van der Waals surface area contributed by atoms with Gasteiger partial charge in [-0.3, -0.25) is 0 Å². The summed E-state index contributed by atoms with van der Waals surface area (Å²) in [6.45, 7) is 0. The molecule has 4 heteroatoms. The molecule has 0 radical (unpaired) electrons. The van der Waals surface area contributed by atoms with Crippen molar-refractivity contribution in [1.29, 1.82) is 0 Å². The molecule has 104 valence electrons. The van der Waals surface area contributed by atoms with Gasteiger partial charge in [-0.05, 0) is 48.1 Å². The van der Waals surface area contributed by atoms with Gasteiger partial charge in [0, 0.05) is 0 Å². The Morgan fingerprint density at radius 3 is 2.55 bits per heavy atom. The zero-order valence-corrected chi connectivity index (χ0v) is 11.8. The van der Waals surface area contributed by atoms with Gasteiger partial charge in [0.1, 0.15) is 10.7 Å². The number of fused-ring (bicyclic) bond motifs is 1. The van der Waals surface area contributed by atoms with E-state index in [1.807, 2.05) is 18.2 Å². The van der Waals surface area contributed by atoms with Crippen LogP contribution in [0.5, 0.6) is 0 Å². The van der Waals surface area contributed by atoms with E-state index in [4.69, 9.17) is 0 Å². The first-order chi connectivity index (χ1) is 9.56. The van der Waals surface area contributed by atoms with Crippen molar-refractivity contribution in [3.05, 3.63) is 65.0 Å². The third-order valence-corrected chi connectivity index (χ3v) is 5.41. The summed E-state index contributed by atoms with van der Waals surface area (Å²) >= 11 is 0. The van der Waals surface area contributed by atoms with Gasteiger partial charge in [-0.25, -0.2) is 12.8 Å². The molecule has 0 saturated heterocycles. The molecule has 3 rings (SSSR count). The third kappa shape index (κ3) is 2.48. The predicted octanol–water partition coefficient (Wildman–Crippen LogP) is 3.29. The lowest BCUT2D eigenvalue weighted by molar-refractivity contribution is 0.566. The maximum Gasteiger partial charge on any atom is 0.185 e. The Labute approximate surface area is 118 Å². The summed E-state index contributed by atoms with van der Waals surface area (Å²) in [5, 5.41) is 0. The number of rotatable bonds is 3. The average molecular weight is 290 g/mol. The quantitative estimate of drug-likeness (QED) is 0.869. The van der Waals surface area contributed by atoms with E-state index in [0.29, 0.717) is 0 Å². The summed E-state index contributed by atoms with van der Waals surface area (Å²) in [5.41, 5.74) is 3.26. The predicted molar refractivity (Wildman–Crippen MR) is 75.8 cm³/mol. The minimum absolute atomic E-state index is 0.152. The van der Waals surface area contributed by atoms with E-state index >= 15 is 0 Å². The third-order valence-electron chi connectivity index (χ3n) is 3.69. The summed E-state index contributed by atoms with van der Waals surface area (Å²) < 4.78 is 38.2. The van der Waals surface area contributed by atoms with Crippen LogP contribution in [0.25, 0.3) is 0 Å². The first kappa shape index (κ1) is 13.3. The molecule has 1 aliphatic rings. The second kappa shape index (κ2) is 5.02. The summed E-state index contributed by atoms with van der Waals surface area (Å²) in [6.07, 6.45) is 3.19. The molecule has 0 spiro atoms. The molecule has 1 aliphatic carbocycles. The summed E-state index contributed by atoms with van der Waals surface area (Å²) in [7, 11) is -3.64. The van der Waals surface area contributed by atoms with Crippen LogP contribution in [0.15, 0.2) is 47.4 Å². The number of sulfone groups is 1. The Bertz CT molecular complexity index is 751. The van der Waals surface area contributed by atoms with E-state index in [1.165, 1.54) is 29.3 Å². The lowest BCUT2D eigenvalue weighted by Crippen LogP contribution is -2.07. The fraction of sp³-hybridized carbons (Fsp3) is 0.250. The highest BCUT2D eigenvalue weighted by Crippen LogP contribution is 2.25. The van der Waals surface area contributed by atoms with Gasteiger partial charge in [0.2, 0.25) is 0 Å². The second-order valence-corrected chi connectivity index (χ2v) is 7.10. The molecule has 0 amide bonds. The molecular weight excluding hydrogens is 275 g/mol. The van der Waals surface area contributed by atoms with Crippen molar-refractivity contribution in [2.75, 3.05) is 0 Å². The number of halogens is 1. The van der Waals surface area contributed by atoms with Gasteiger partial charge in [-0.1, -0.05) is 30.3 Å². The molecule has 0 unspecified atom stereocenters. The van der Waals surface area contributed by atoms with E-state index in [1.54, 1.807) is 6.07 Å². The molecule has 0 aliphatic heterocycles. The van der Waals surface area contributed by atoms with Crippen LogP contribution in [0.2, 0.25) is 0 Å². The van der Waals surface area contributed by atoms with Crippen LogP contribution in [-0.2, 0) is 28.4 Å². The van der Waals surface area contributed by atoms with Gasteiger partial charge in [-0.2, -0.15) is 0 Å². The molecule has 0 atom stereocenters. The van der Waals surface area contributed by atoms with Crippen molar-refractivity contribution < 1.29 is 12.8 Å². The Hall–Kier alpha value is -1.68. The standard InChI is InChI=1S/C16H15FO2S/c17-15-6-1-2-7-16(15)20(18,19)11-12-8-9-13-4-3-5-14(13)10-12/h1-2,6-10H,3-5,11H2. The minimum atomic E-state index is -3.64. The molecule has 20 heavy (non-hydrogen) atoms. The van der Waals surface area contributed by atoms with Crippen LogP contribution in [0.3, 0.4) is 0 Å². The first-order valence-corrected chi connectivity index (χ1v) is 8.29. The maximum atomic E-state index is 13.6. The molecule has 2 nitrogen and oxygen atoms in total. The van der Waals surface area contributed by atoms with Crippen LogP contribution < -0.4 is 0 Å². The molecule has 0 bridgehead atoms. The van der Waals surface area contributed by atoms with E-state index in [2.05, 4.69) is 0 Å². The molecular formula is C16H15FO2S. The zero-order chi connectivity index (χ0) is 14.2. The first-order valence-electron chi connectivity index (χ1n) is 6.64. The largest absolute Gasteiger partial charge is 0.223 e. The van der Waals surface area contributed by atoms with Gasteiger partial charge < -0.3 is 0 Å². The van der Waals surface area contributed by atoms with Gasteiger partial charge in [0.15, 0.2) is 9.84 Å². The highest BCUT2D eigenvalue weighted by molar-refractivity contribution is 7.90. The molecule has 0 N–H and O–H groups in total. The second-order valence-electron chi connectivity index (χ2n) is 5.15. The normalized spacial score (nSPS) is 14.2. The molecule has 0 fully saturated rings. The Kier molecular flexibility index (Phi) is 3.34. The highest BCUT2D eigenvalue weighted by Gasteiger charge is 2.20. The van der Waals surface area contributed by atoms with Gasteiger partial charge in [0.05, 0.1) is 5.75 Å². The number of benzene rings is 2. The van der Waals surface area contributed by atoms with Crippen molar-refractivity contribution in [1.82, 2.24) is 0 Å². The summed E-state index contributed by atoms with van der Waals surface area (Å²) in [4.78, 5) is -0.222. The number of hydrogen-bond acceptors (Lipinski definition) is 2. The van der Waals surface area contributed by atoms with Crippen molar-refractivity contribution >= 4 is 9.84 Å². The van der Waals surface area contributed by atoms with E-state index < -0.39 is 15.7 Å². The van der Waals surface area contributed by atoms with Gasteiger partial charge in [0.25, 0.3) is 0 Å². The fourth-order valence-electron chi connectivity index (χ4n) is 2.71. The SMILES string of the molecule is O=S(=O)(Cc1ccc2c(c1)CCC2)c1ccccc1F. The van der Waals surface area contributed by atoms with E-state index in [9.17, 15) is 12.8 Å². The molecule has 0 aromatic heterocycles. The lowest BCUT2D eigenvalue weighted by atomic mass is 10.1. The average Bonchev–Trinajstić information content (AvgIpc) is 2.86. The number of hydrogen-bond donors (Lipinski definition) is 0. The van der Waals surface area contributed by atoms with Crippen molar-refractivity contribution in [2.45, 2.75) is 29.9 Å². The maximum absolute atomic E-state index is 13.6. The van der Waals surface area contributed by atoms with E-state index in [0.717, 1.165) is 24.8 Å². The van der Waals surface area contributed by atoms with Gasteiger partial charge >= 0.3 is 0 Å². The van der Waals surface area contributed by atoms with Crippen LogP contribution in [-0.4, -0.2) is 8.42 Å².